The summed E-state index contributed by atoms with van der Waals surface area (Å²) in [6, 6.07) is 12.0. The van der Waals surface area contributed by atoms with Gasteiger partial charge in [-0.3, -0.25) is 14.5 Å². The van der Waals surface area contributed by atoms with Crippen LogP contribution in [0.15, 0.2) is 53.8 Å². The maximum atomic E-state index is 13.3. The molecule has 2 heterocycles. The van der Waals surface area contributed by atoms with Gasteiger partial charge in [0.2, 0.25) is 6.79 Å². The number of amides is 1. The number of carbonyl (C=O) groups is 2. The van der Waals surface area contributed by atoms with Crippen molar-refractivity contribution < 1.29 is 24.2 Å². The Balaban J connectivity index is 1.85. The first-order valence-electron chi connectivity index (χ1n) is 10.1. The summed E-state index contributed by atoms with van der Waals surface area (Å²) >= 11 is 0. The van der Waals surface area contributed by atoms with Gasteiger partial charge >= 0.3 is 0 Å². The average Bonchev–Trinajstić information content (AvgIpc) is 3.29. The summed E-state index contributed by atoms with van der Waals surface area (Å²) in [5, 5.41) is 10.8. The molecule has 0 spiro atoms. The lowest BCUT2D eigenvalue weighted by molar-refractivity contribution is -0.123. The summed E-state index contributed by atoms with van der Waals surface area (Å²) in [5.41, 5.74) is 1.57. The Bertz CT molecular complexity index is 1080. The number of fused-ring (bicyclic) bond motifs is 1. The molecule has 1 atom stereocenters. The van der Waals surface area contributed by atoms with E-state index < -0.39 is 23.1 Å². The summed E-state index contributed by atoms with van der Waals surface area (Å²) in [6.45, 7) is 5.43. The monoisotopic (exact) mass is 422 g/mol. The van der Waals surface area contributed by atoms with E-state index >= 15 is 0 Å². The first kappa shape index (κ1) is 20.8. The highest BCUT2D eigenvalue weighted by molar-refractivity contribution is 6.17. The first-order valence-corrected chi connectivity index (χ1v) is 10.1. The van der Waals surface area contributed by atoms with Gasteiger partial charge in [-0.05, 0) is 29.8 Å². The molecule has 31 heavy (non-hydrogen) atoms. The summed E-state index contributed by atoms with van der Waals surface area (Å²) in [7, 11) is 3.88. The maximum Gasteiger partial charge on any atom is 0.294 e. The van der Waals surface area contributed by atoms with Gasteiger partial charge in [-0.2, -0.15) is 0 Å². The van der Waals surface area contributed by atoms with Crippen LogP contribution >= 0.6 is 0 Å². The number of aliphatic hydroxyl groups excluding tert-OH is 1. The number of anilines is 2. The van der Waals surface area contributed by atoms with E-state index in [9.17, 15) is 14.7 Å². The van der Waals surface area contributed by atoms with Crippen molar-refractivity contribution in [3.05, 3.63) is 59.4 Å². The predicted molar refractivity (Wildman–Crippen MR) is 118 cm³/mol. The molecule has 0 saturated carbocycles. The van der Waals surface area contributed by atoms with E-state index in [0.717, 1.165) is 11.3 Å². The highest BCUT2D eigenvalue weighted by Gasteiger charge is 2.46. The lowest BCUT2D eigenvalue weighted by atomic mass is 9.82. The molecule has 2 aliphatic rings. The average molecular weight is 422 g/mol. The summed E-state index contributed by atoms with van der Waals surface area (Å²) in [4.78, 5) is 29.9. The Morgan fingerprint density at radius 1 is 1.06 bits per heavy atom. The fourth-order valence-electron chi connectivity index (χ4n) is 3.81. The zero-order valence-electron chi connectivity index (χ0n) is 18.3. The number of Topliss-reactive ketones (excluding diaryl/α,β-unsaturated/α-hetero) is 1. The van der Waals surface area contributed by atoms with E-state index in [1.165, 1.54) is 4.90 Å². The van der Waals surface area contributed by atoms with Crippen molar-refractivity contribution in [2.45, 2.75) is 26.8 Å². The van der Waals surface area contributed by atoms with Crippen LogP contribution in [0.5, 0.6) is 11.5 Å². The van der Waals surface area contributed by atoms with E-state index in [-0.39, 0.29) is 18.1 Å². The zero-order chi connectivity index (χ0) is 22.5. The Kier molecular flexibility index (Phi) is 4.92. The maximum absolute atomic E-state index is 13.3. The van der Waals surface area contributed by atoms with Crippen molar-refractivity contribution in [1.29, 1.82) is 0 Å². The van der Waals surface area contributed by atoms with E-state index in [1.807, 2.05) is 43.3 Å². The molecule has 2 aliphatic heterocycles. The predicted octanol–water partition coefficient (Wildman–Crippen LogP) is 4.00. The number of hydrogen-bond donors (Lipinski definition) is 1. The number of aliphatic hydroxyl groups is 1. The second-order valence-corrected chi connectivity index (χ2v) is 8.94. The van der Waals surface area contributed by atoms with Crippen molar-refractivity contribution in [3.63, 3.8) is 0 Å². The van der Waals surface area contributed by atoms with Crippen LogP contribution in [0.1, 0.15) is 32.4 Å². The lowest BCUT2D eigenvalue weighted by Gasteiger charge is -2.29. The molecule has 1 unspecified atom stereocenters. The van der Waals surface area contributed by atoms with Gasteiger partial charge in [0.25, 0.3) is 5.91 Å². The van der Waals surface area contributed by atoms with Gasteiger partial charge in [0.1, 0.15) is 0 Å². The highest BCUT2D eigenvalue weighted by atomic mass is 16.7. The van der Waals surface area contributed by atoms with Gasteiger partial charge in [0.15, 0.2) is 23.0 Å². The molecule has 7 heteroatoms. The lowest BCUT2D eigenvalue weighted by Crippen LogP contribution is -2.32. The molecule has 0 fully saturated rings. The van der Waals surface area contributed by atoms with Crippen LogP contribution < -0.4 is 19.3 Å². The van der Waals surface area contributed by atoms with E-state index in [2.05, 4.69) is 0 Å². The standard InChI is InChI=1S/C24H26N2O5/c1-24(2,3)22(28)19-20(14-6-8-15(9-7-14)25(4)5)26(23(29)21(19)27)16-10-11-17-18(12-16)31-13-30-17/h6-12,20,27H,13H2,1-5H3. The SMILES string of the molecule is CN(C)c1ccc(C2C(C(=O)C(C)(C)C)=C(O)C(=O)N2c2ccc3c(c2)OCO3)cc1. The Labute approximate surface area is 181 Å². The smallest absolute Gasteiger partial charge is 0.294 e. The largest absolute Gasteiger partial charge is 0.503 e. The van der Waals surface area contributed by atoms with Crippen molar-refractivity contribution in [2.24, 2.45) is 5.41 Å². The Morgan fingerprint density at radius 2 is 1.71 bits per heavy atom. The molecule has 1 N–H and O–H groups in total. The number of hydrogen-bond acceptors (Lipinski definition) is 6. The van der Waals surface area contributed by atoms with E-state index in [1.54, 1.807) is 39.0 Å². The van der Waals surface area contributed by atoms with Crippen LogP contribution in [0.2, 0.25) is 0 Å². The molecule has 0 radical (unpaired) electrons. The molecular formula is C24H26N2O5. The molecule has 1 amide bonds. The number of ether oxygens (including phenoxy) is 2. The van der Waals surface area contributed by atoms with Crippen molar-refractivity contribution in [2.75, 3.05) is 30.7 Å². The third-order valence-electron chi connectivity index (χ3n) is 5.49. The van der Waals surface area contributed by atoms with Crippen LogP contribution in [0, 0.1) is 5.41 Å². The first-order chi connectivity index (χ1) is 14.6. The molecule has 0 aromatic heterocycles. The number of ketones is 1. The zero-order valence-corrected chi connectivity index (χ0v) is 18.3. The fraction of sp³-hybridized carbons (Fsp3) is 0.333. The van der Waals surface area contributed by atoms with Gasteiger partial charge in [0, 0.05) is 37.0 Å². The summed E-state index contributed by atoms with van der Waals surface area (Å²) in [6.07, 6.45) is 0. The molecule has 0 bridgehead atoms. The van der Waals surface area contributed by atoms with Gasteiger partial charge < -0.3 is 19.5 Å². The van der Waals surface area contributed by atoms with Crippen molar-refractivity contribution in [1.82, 2.24) is 0 Å². The summed E-state index contributed by atoms with van der Waals surface area (Å²) < 4.78 is 10.8. The number of nitrogens with zero attached hydrogens (tertiary/aromatic N) is 2. The molecule has 0 saturated heterocycles. The minimum absolute atomic E-state index is 0.104. The topological polar surface area (TPSA) is 79.3 Å². The van der Waals surface area contributed by atoms with Crippen LogP contribution in [0.4, 0.5) is 11.4 Å². The van der Waals surface area contributed by atoms with Gasteiger partial charge in [-0.15, -0.1) is 0 Å². The van der Waals surface area contributed by atoms with Gasteiger partial charge in [-0.25, -0.2) is 0 Å². The minimum atomic E-state index is -0.768. The molecular weight excluding hydrogens is 396 g/mol. The van der Waals surface area contributed by atoms with E-state index in [4.69, 9.17) is 9.47 Å². The highest BCUT2D eigenvalue weighted by Crippen LogP contribution is 2.45. The molecule has 2 aromatic rings. The van der Waals surface area contributed by atoms with Crippen molar-refractivity contribution >= 4 is 23.1 Å². The molecule has 2 aromatic carbocycles. The minimum Gasteiger partial charge on any atom is -0.503 e. The Hall–Kier alpha value is -3.48. The third-order valence-corrected chi connectivity index (χ3v) is 5.49. The van der Waals surface area contributed by atoms with Crippen LogP contribution in [0.25, 0.3) is 0 Å². The van der Waals surface area contributed by atoms with Crippen LogP contribution in [-0.4, -0.2) is 37.7 Å². The van der Waals surface area contributed by atoms with E-state index in [0.29, 0.717) is 17.2 Å². The second kappa shape index (κ2) is 7.34. The normalized spacial score (nSPS) is 18.0. The second-order valence-electron chi connectivity index (χ2n) is 8.94. The van der Waals surface area contributed by atoms with Gasteiger partial charge in [-0.1, -0.05) is 32.9 Å². The molecule has 7 nitrogen and oxygen atoms in total. The molecule has 4 rings (SSSR count). The number of carbonyl (C=O) groups excluding carboxylic acids is 2. The fourth-order valence-corrected chi connectivity index (χ4v) is 3.81. The van der Waals surface area contributed by atoms with Crippen LogP contribution in [0.3, 0.4) is 0 Å². The van der Waals surface area contributed by atoms with Crippen molar-refractivity contribution in [3.8, 4) is 11.5 Å². The quantitative estimate of drug-likeness (QED) is 0.803. The Morgan fingerprint density at radius 3 is 2.32 bits per heavy atom. The van der Waals surface area contributed by atoms with Crippen LogP contribution in [-0.2, 0) is 9.59 Å². The number of rotatable bonds is 4. The number of benzene rings is 2. The van der Waals surface area contributed by atoms with Gasteiger partial charge in [0.05, 0.1) is 11.6 Å². The summed E-state index contributed by atoms with van der Waals surface area (Å²) in [5.74, 6) is -0.303. The third kappa shape index (κ3) is 3.50. The molecule has 0 aliphatic carbocycles. The molecule has 162 valence electrons.